The molecule has 2 aliphatic rings. The summed E-state index contributed by atoms with van der Waals surface area (Å²) in [6, 6.07) is 15.3. The van der Waals surface area contributed by atoms with Crippen molar-refractivity contribution in [3.8, 4) is 0 Å². The number of imide groups is 1. The first-order valence-corrected chi connectivity index (χ1v) is 12.2. The number of amides is 4. The molecule has 2 fully saturated rings. The van der Waals surface area contributed by atoms with E-state index in [1.807, 2.05) is 18.2 Å². The number of carbonyl (C=O) groups is 3. The molecule has 0 bridgehead atoms. The number of aromatic nitrogens is 1. The third-order valence-corrected chi connectivity index (χ3v) is 7.25. The van der Waals surface area contributed by atoms with Crippen molar-refractivity contribution in [3.05, 3.63) is 84.2 Å². The lowest BCUT2D eigenvalue weighted by atomic mass is 10.1. The van der Waals surface area contributed by atoms with Crippen LogP contribution in [-0.2, 0) is 11.3 Å². The molecular weight excluding hydrogens is 505 g/mol. The monoisotopic (exact) mass is 526 g/mol. The van der Waals surface area contributed by atoms with Crippen LogP contribution < -0.4 is 9.80 Å². The summed E-state index contributed by atoms with van der Waals surface area (Å²) in [6.45, 7) is 0.00923. The number of alkyl halides is 3. The van der Waals surface area contributed by atoms with Crippen LogP contribution in [0.15, 0.2) is 78.0 Å². The lowest BCUT2D eigenvalue weighted by Gasteiger charge is -2.24. The van der Waals surface area contributed by atoms with Crippen LogP contribution in [0.3, 0.4) is 0 Å². The molecule has 190 valence electrons. The highest BCUT2D eigenvalue weighted by atomic mass is 32.2. The molecule has 1 aliphatic heterocycles. The molecule has 0 N–H and O–H groups in total. The van der Waals surface area contributed by atoms with Crippen molar-refractivity contribution < 1.29 is 27.6 Å². The highest BCUT2D eigenvalue weighted by molar-refractivity contribution is 8.00. The number of urea groups is 1. The number of halogens is 3. The van der Waals surface area contributed by atoms with Gasteiger partial charge in [-0.05, 0) is 72.6 Å². The van der Waals surface area contributed by atoms with E-state index in [4.69, 9.17) is 0 Å². The molecule has 0 radical (unpaired) electrons. The van der Waals surface area contributed by atoms with Crippen molar-refractivity contribution >= 4 is 41.0 Å². The van der Waals surface area contributed by atoms with E-state index in [0.29, 0.717) is 29.7 Å². The van der Waals surface area contributed by atoms with Gasteiger partial charge in [-0.2, -0.15) is 13.2 Å². The van der Waals surface area contributed by atoms with E-state index in [1.54, 1.807) is 25.2 Å². The molecule has 1 aliphatic carbocycles. The average Bonchev–Trinajstić information content (AvgIpc) is 3.66. The number of benzene rings is 2. The van der Waals surface area contributed by atoms with Crippen LogP contribution >= 0.6 is 11.8 Å². The first-order valence-electron chi connectivity index (χ1n) is 11.4. The van der Waals surface area contributed by atoms with Crippen LogP contribution in [0.2, 0.25) is 0 Å². The van der Waals surface area contributed by atoms with Crippen molar-refractivity contribution in [2.45, 2.75) is 35.3 Å². The fraction of sp³-hybridized carbons (Fsp3) is 0.231. The summed E-state index contributed by atoms with van der Waals surface area (Å²) >= 11 is -0.268. The lowest BCUT2D eigenvalue weighted by Crippen LogP contribution is -2.37. The van der Waals surface area contributed by atoms with Crippen LogP contribution in [0.5, 0.6) is 0 Å². The van der Waals surface area contributed by atoms with Gasteiger partial charge in [0.05, 0.1) is 11.3 Å². The fourth-order valence-electron chi connectivity index (χ4n) is 4.43. The van der Waals surface area contributed by atoms with Crippen LogP contribution in [-0.4, -0.2) is 45.8 Å². The van der Waals surface area contributed by atoms with Gasteiger partial charge in [0.2, 0.25) is 0 Å². The lowest BCUT2D eigenvalue weighted by molar-refractivity contribution is -0.120. The predicted molar refractivity (Wildman–Crippen MR) is 132 cm³/mol. The standard InChI is InChI=1S/C26H21F3N4O3S/c1-31(18-5-3-2-4-6-18)22(34)21-15-30-14-11-17(21)16-32-24(36)33(23(35)25(32)12-13-25)19-7-9-20(10-8-19)37-26(27,28)29/h2-11,14-15H,12-13,16H2,1H3. The highest BCUT2D eigenvalue weighted by Gasteiger charge is 2.65. The smallest absolute Gasteiger partial charge is 0.311 e. The number of rotatable bonds is 6. The van der Waals surface area contributed by atoms with Crippen molar-refractivity contribution in [2.24, 2.45) is 0 Å². The molecule has 11 heteroatoms. The molecule has 0 unspecified atom stereocenters. The van der Waals surface area contributed by atoms with Gasteiger partial charge in [-0.3, -0.25) is 14.6 Å². The molecule has 2 aromatic carbocycles. The summed E-state index contributed by atoms with van der Waals surface area (Å²) < 4.78 is 38.0. The summed E-state index contributed by atoms with van der Waals surface area (Å²) in [7, 11) is 1.64. The van der Waals surface area contributed by atoms with Crippen LogP contribution in [0.1, 0.15) is 28.8 Å². The molecule has 37 heavy (non-hydrogen) atoms. The molecular formula is C26H21F3N4O3S. The minimum Gasteiger partial charge on any atom is -0.311 e. The number of hydrogen-bond donors (Lipinski definition) is 0. The Hall–Kier alpha value is -3.86. The Morgan fingerprint density at radius 1 is 1.05 bits per heavy atom. The third-order valence-electron chi connectivity index (χ3n) is 6.51. The largest absolute Gasteiger partial charge is 0.446 e. The molecule has 5 rings (SSSR count). The maximum Gasteiger partial charge on any atom is 0.446 e. The van der Waals surface area contributed by atoms with Crippen molar-refractivity contribution in [3.63, 3.8) is 0 Å². The van der Waals surface area contributed by atoms with Crippen molar-refractivity contribution in [1.82, 2.24) is 9.88 Å². The van der Waals surface area contributed by atoms with Gasteiger partial charge >= 0.3 is 11.5 Å². The van der Waals surface area contributed by atoms with Gasteiger partial charge in [0.15, 0.2) is 0 Å². The summed E-state index contributed by atoms with van der Waals surface area (Å²) in [5.41, 5.74) is -3.74. The predicted octanol–water partition coefficient (Wildman–Crippen LogP) is 5.47. The number of carbonyl (C=O) groups excluding carboxylic acids is 3. The molecule has 1 saturated carbocycles. The molecule has 1 spiro atoms. The van der Waals surface area contributed by atoms with Gasteiger partial charge in [-0.25, -0.2) is 9.69 Å². The SMILES string of the molecule is CN(C(=O)c1cnccc1CN1C(=O)N(c2ccc(SC(F)(F)F)cc2)C(=O)C12CC2)c1ccccc1. The Balaban J connectivity index is 1.41. The Kier molecular flexibility index (Phi) is 6.18. The average molecular weight is 527 g/mol. The molecule has 4 amide bonds. The minimum atomic E-state index is -4.44. The molecule has 2 heterocycles. The van der Waals surface area contributed by atoms with Gasteiger partial charge in [0.25, 0.3) is 11.8 Å². The second-order valence-electron chi connectivity index (χ2n) is 8.82. The number of thioether (sulfide) groups is 1. The Labute approximate surface area is 214 Å². The van der Waals surface area contributed by atoms with Crippen LogP contribution in [0.4, 0.5) is 29.3 Å². The number of hydrogen-bond acceptors (Lipinski definition) is 5. The second-order valence-corrected chi connectivity index (χ2v) is 9.95. The molecule has 7 nitrogen and oxygen atoms in total. The summed E-state index contributed by atoms with van der Waals surface area (Å²) in [5, 5.41) is 0. The number of anilines is 2. The third kappa shape index (κ3) is 4.66. The maximum atomic E-state index is 13.5. The number of pyridine rings is 1. The summed E-state index contributed by atoms with van der Waals surface area (Å²) in [6.07, 6.45) is 3.89. The van der Waals surface area contributed by atoms with Crippen LogP contribution in [0.25, 0.3) is 0 Å². The normalized spacial score (nSPS) is 16.4. The Morgan fingerprint density at radius 2 is 1.73 bits per heavy atom. The highest BCUT2D eigenvalue weighted by Crippen LogP contribution is 2.50. The van der Waals surface area contributed by atoms with E-state index in [1.165, 1.54) is 46.5 Å². The topological polar surface area (TPSA) is 73.8 Å². The molecule has 1 saturated heterocycles. The molecule has 0 atom stereocenters. The van der Waals surface area contributed by atoms with E-state index in [9.17, 15) is 27.6 Å². The maximum absolute atomic E-state index is 13.5. The first-order chi connectivity index (χ1) is 17.6. The second kappa shape index (κ2) is 9.22. The van der Waals surface area contributed by atoms with E-state index in [2.05, 4.69) is 4.98 Å². The first kappa shape index (κ1) is 24.8. The van der Waals surface area contributed by atoms with Gasteiger partial charge in [0.1, 0.15) is 5.54 Å². The minimum absolute atomic E-state index is 0.00923. The zero-order valence-electron chi connectivity index (χ0n) is 19.6. The van der Waals surface area contributed by atoms with Gasteiger partial charge in [-0.1, -0.05) is 18.2 Å². The number of nitrogens with zero attached hydrogens (tertiary/aromatic N) is 4. The van der Waals surface area contributed by atoms with Crippen LogP contribution in [0, 0.1) is 0 Å². The summed E-state index contributed by atoms with van der Waals surface area (Å²) in [5.74, 6) is -0.733. The van der Waals surface area contributed by atoms with E-state index < -0.39 is 23.0 Å². The molecule has 3 aromatic rings. The van der Waals surface area contributed by atoms with E-state index >= 15 is 0 Å². The quantitative estimate of drug-likeness (QED) is 0.315. The summed E-state index contributed by atoms with van der Waals surface area (Å²) in [4.78, 5) is 48.1. The fourth-order valence-corrected chi connectivity index (χ4v) is 4.97. The Morgan fingerprint density at radius 3 is 2.35 bits per heavy atom. The van der Waals surface area contributed by atoms with E-state index in [0.717, 1.165) is 4.90 Å². The van der Waals surface area contributed by atoms with Gasteiger partial charge in [0, 0.05) is 36.6 Å². The van der Waals surface area contributed by atoms with Gasteiger partial charge in [-0.15, -0.1) is 0 Å². The number of para-hydroxylation sites is 1. The Bertz CT molecular complexity index is 1360. The van der Waals surface area contributed by atoms with Crippen molar-refractivity contribution in [2.75, 3.05) is 16.8 Å². The van der Waals surface area contributed by atoms with Gasteiger partial charge < -0.3 is 9.80 Å². The zero-order valence-corrected chi connectivity index (χ0v) is 20.4. The zero-order chi connectivity index (χ0) is 26.4. The van der Waals surface area contributed by atoms with E-state index in [-0.39, 0.29) is 34.8 Å². The van der Waals surface area contributed by atoms with Crippen molar-refractivity contribution in [1.29, 1.82) is 0 Å². The molecule has 1 aromatic heterocycles.